The zero-order valence-electron chi connectivity index (χ0n) is 11.4. The maximum absolute atomic E-state index is 12.8. The lowest BCUT2D eigenvalue weighted by molar-refractivity contribution is -0.138. The van der Waals surface area contributed by atoms with Gasteiger partial charge in [0.1, 0.15) is 11.9 Å². The van der Waals surface area contributed by atoms with Crippen LogP contribution in [0.5, 0.6) is 0 Å². The number of rotatable bonds is 3. The molecule has 1 unspecified atom stereocenters. The van der Waals surface area contributed by atoms with E-state index in [4.69, 9.17) is 0 Å². The minimum absolute atomic E-state index is 0.0192. The maximum Gasteiger partial charge on any atom is 0.248 e. The standard InChI is InChI=1S/C14H17FN2O2S/c1-9(2)14(19)17-8-20-7-12(17)13(18)16-11-5-3-10(15)4-6-11/h3-6,9,12H,7-8H2,1-2H3,(H,16,18). The third-order valence-electron chi connectivity index (χ3n) is 3.07. The van der Waals surface area contributed by atoms with E-state index in [1.807, 2.05) is 13.8 Å². The van der Waals surface area contributed by atoms with Gasteiger partial charge >= 0.3 is 0 Å². The number of halogens is 1. The minimum atomic E-state index is -0.458. The fourth-order valence-corrected chi connectivity index (χ4v) is 3.13. The van der Waals surface area contributed by atoms with Crippen molar-refractivity contribution in [1.82, 2.24) is 4.90 Å². The van der Waals surface area contributed by atoms with E-state index in [9.17, 15) is 14.0 Å². The van der Waals surface area contributed by atoms with Crippen LogP contribution in [0, 0.1) is 11.7 Å². The molecule has 0 aromatic heterocycles. The van der Waals surface area contributed by atoms with Gasteiger partial charge in [-0.3, -0.25) is 9.59 Å². The van der Waals surface area contributed by atoms with Crippen LogP contribution in [0.3, 0.4) is 0 Å². The molecule has 6 heteroatoms. The maximum atomic E-state index is 12.8. The summed E-state index contributed by atoms with van der Waals surface area (Å²) >= 11 is 1.56. The average Bonchev–Trinajstić information content (AvgIpc) is 2.89. The highest BCUT2D eigenvalue weighted by Crippen LogP contribution is 2.24. The fraction of sp³-hybridized carbons (Fsp3) is 0.429. The van der Waals surface area contributed by atoms with Crippen molar-refractivity contribution in [1.29, 1.82) is 0 Å². The van der Waals surface area contributed by atoms with Crippen LogP contribution in [0.1, 0.15) is 13.8 Å². The van der Waals surface area contributed by atoms with E-state index in [-0.39, 0.29) is 23.5 Å². The first kappa shape index (κ1) is 14.8. The smallest absolute Gasteiger partial charge is 0.248 e. The molecule has 1 heterocycles. The van der Waals surface area contributed by atoms with Crippen molar-refractivity contribution in [2.24, 2.45) is 5.92 Å². The lowest BCUT2D eigenvalue weighted by Crippen LogP contribution is -2.46. The Balaban J connectivity index is 2.04. The third kappa shape index (κ3) is 3.30. The molecule has 2 amide bonds. The van der Waals surface area contributed by atoms with Gasteiger partial charge in [-0.05, 0) is 24.3 Å². The van der Waals surface area contributed by atoms with Gasteiger partial charge in [-0.25, -0.2) is 4.39 Å². The molecule has 1 aliphatic rings. The number of carbonyl (C=O) groups excluding carboxylic acids is 2. The molecule has 20 heavy (non-hydrogen) atoms. The molecule has 0 radical (unpaired) electrons. The zero-order valence-corrected chi connectivity index (χ0v) is 12.2. The second kappa shape index (κ2) is 6.26. The van der Waals surface area contributed by atoms with Crippen molar-refractivity contribution < 1.29 is 14.0 Å². The van der Waals surface area contributed by atoms with E-state index in [1.54, 1.807) is 16.7 Å². The number of nitrogens with zero attached hydrogens (tertiary/aromatic N) is 1. The first-order valence-electron chi connectivity index (χ1n) is 6.43. The van der Waals surface area contributed by atoms with Crippen molar-refractivity contribution >= 4 is 29.3 Å². The summed E-state index contributed by atoms with van der Waals surface area (Å²) in [5, 5.41) is 2.72. The van der Waals surface area contributed by atoms with Crippen LogP contribution in [0.4, 0.5) is 10.1 Å². The Morgan fingerprint density at radius 1 is 1.35 bits per heavy atom. The SMILES string of the molecule is CC(C)C(=O)N1CSCC1C(=O)Nc1ccc(F)cc1. The summed E-state index contributed by atoms with van der Waals surface area (Å²) in [6.45, 7) is 3.64. The zero-order chi connectivity index (χ0) is 14.7. The number of thioether (sulfide) groups is 1. The van der Waals surface area contributed by atoms with Crippen LogP contribution in [-0.4, -0.2) is 34.4 Å². The predicted molar refractivity (Wildman–Crippen MR) is 77.8 cm³/mol. The molecule has 1 aromatic rings. The Bertz CT molecular complexity index is 504. The Morgan fingerprint density at radius 3 is 2.60 bits per heavy atom. The van der Waals surface area contributed by atoms with Crippen molar-refractivity contribution in [3.8, 4) is 0 Å². The lowest BCUT2D eigenvalue weighted by atomic mass is 10.1. The van der Waals surface area contributed by atoms with Crippen LogP contribution in [0.15, 0.2) is 24.3 Å². The lowest BCUT2D eigenvalue weighted by Gasteiger charge is -2.24. The van der Waals surface area contributed by atoms with Crippen LogP contribution in [0.25, 0.3) is 0 Å². The Labute approximate surface area is 121 Å². The van der Waals surface area contributed by atoms with E-state index in [2.05, 4.69) is 5.32 Å². The number of amides is 2. The number of carbonyl (C=O) groups is 2. The molecule has 1 N–H and O–H groups in total. The van der Waals surface area contributed by atoms with E-state index >= 15 is 0 Å². The van der Waals surface area contributed by atoms with Gasteiger partial charge in [-0.1, -0.05) is 13.8 Å². The second-order valence-electron chi connectivity index (χ2n) is 4.97. The van der Waals surface area contributed by atoms with Crippen molar-refractivity contribution in [2.75, 3.05) is 16.9 Å². The summed E-state index contributed by atoms with van der Waals surface area (Å²) in [5.74, 6) is 0.403. The topological polar surface area (TPSA) is 49.4 Å². The van der Waals surface area contributed by atoms with Crippen molar-refractivity contribution in [3.05, 3.63) is 30.1 Å². The number of hydrogen-bond acceptors (Lipinski definition) is 3. The molecule has 1 saturated heterocycles. The minimum Gasteiger partial charge on any atom is -0.324 e. The van der Waals surface area contributed by atoms with Gasteiger partial charge in [0.2, 0.25) is 11.8 Å². The number of anilines is 1. The second-order valence-corrected chi connectivity index (χ2v) is 5.97. The Kier molecular flexibility index (Phi) is 4.65. The third-order valence-corrected chi connectivity index (χ3v) is 4.09. The Morgan fingerprint density at radius 2 is 2.00 bits per heavy atom. The highest BCUT2D eigenvalue weighted by Gasteiger charge is 2.35. The van der Waals surface area contributed by atoms with E-state index in [1.165, 1.54) is 24.3 Å². The van der Waals surface area contributed by atoms with E-state index in [0.717, 1.165) is 0 Å². The van der Waals surface area contributed by atoms with Crippen molar-refractivity contribution in [2.45, 2.75) is 19.9 Å². The van der Waals surface area contributed by atoms with Crippen molar-refractivity contribution in [3.63, 3.8) is 0 Å². The monoisotopic (exact) mass is 296 g/mol. The summed E-state index contributed by atoms with van der Waals surface area (Å²) in [5.41, 5.74) is 0.533. The highest BCUT2D eigenvalue weighted by molar-refractivity contribution is 7.99. The van der Waals surface area contributed by atoms with Crippen LogP contribution in [0.2, 0.25) is 0 Å². The molecule has 1 aromatic carbocycles. The molecule has 1 fully saturated rings. The van der Waals surface area contributed by atoms with E-state index in [0.29, 0.717) is 17.3 Å². The molecule has 4 nitrogen and oxygen atoms in total. The molecule has 0 saturated carbocycles. The first-order valence-corrected chi connectivity index (χ1v) is 7.59. The van der Waals surface area contributed by atoms with Gasteiger partial charge in [-0.15, -0.1) is 11.8 Å². The van der Waals surface area contributed by atoms with Crippen LogP contribution in [-0.2, 0) is 9.59 Å². The molecular weight excluding hydrogens is 279 g/mol. The molecule has 2 rings (SSSR count). The molecule has 0 aliphatic carbocycles. The summed E-state index contributed by atoms with van der Waals surface area (Å²) in [4.78, 5) is 25.9. The highest BCUT2D eigenvalue weighted by atomic mass is 32.2. The number of benzene rings is 1. The molecular formula is C14H17FN2O2S. The van der Waals surface area contributed by atoms with Gasteiger partial charge in [0.15, 0.2) is 0 Å². The van der Waals surface area contributed by atoms with Crippen LogP contribution < -0.4 is 5.32 Å². The Hall–Kier alpha value is -1.56. The van der Waals surface area contributed by atoms with Gasteiger partial charge < -0.3 is 10.2 Å². The predicted octanol–water partition coefficient (Wildman–Crippen LogP) is 2.32. The fourth-order valence-electron chi connectivity index (χ4n) is 1.97. The van der Waals surface area contributed by atoms with E-state index < -0.39 is 6.04 Å². The van der Waals surface area contributed by atoms with Gasteiger partial charge in [0.25, 0.3) is 0 Å². The molecule has 0 spiro atoms. The normalized spacial score (nSPS) is 18.4. The molecule has 0 bridgehead atoms. The average molecular weight is 296 g/mol. The largest absolute Gasteiger partial charge is 0.324 e. The summed E-state index contributed by atoms with van der Waals surface area (Å²) < 4.78 is 12.8. The number of nitrogens with one attached hydrogen (secondary N) is 1. The first-order chi connectivity index (χ1) is 9.49. The van der Waals surface area contributed by atoms with Gasteiger partial charge in [-0.2, -0.15) is 0 Å². The number of hydrogen-bond donors (Lipinski definition) is 1. The summed E-state index contributed by atoms with van der Waals surface area (Å²) in [6, 6.07) is 5.12. The summed E-state index contributed by atoms with van der Waals surface area (Å²) in [6.07, 6.45) is 0. The molecule has 108 valence electrons. The quantitative estimate of drug-likeness (QED) is 0.931. The molecule has 1 aliphatic heterocycles. The van der Waals surface area contributed by atoms with Crippen LogP contribution >= 0.6 is 11.8 Å². The van der Waals surface area contributed by atoms with Gasteiger partial charge in [0.05, 0.1) is 5.88 Å². The summed E-state index contributed by atoms with van der Waals surface area (Å²) in [7, 11) is 0. The molecule has 1 atom stereocenters. The van der Waals surface area contributed by atoms with Gasteiger partial charge in [0, 0.05) is 17.4 Å².